The molecule has 4 N–H and O–H groups in total. The summed E-state index contributed by atoms with van der Waals surface area (Å²) in [5.41, 5.74) is 5.70. The van der Waals surface area contributed by atoms with E-state index in [1.165, 1.54) is 32.1 Å². The van der Waals surface area contributed by atoms with Gasteiger partial charge >= 0.3 is 0 Å². The Balaban J connectivity index is 2.68. The minimum atomic E-state index is -0.628. The fourth-order valence-corrected chi connectivity index (χ4v) is 3.97. The summed E-state index contributed by atoms with van der Waals surface area (Å²) in [5, 5.41) is 14.3. The van der Waals surface area contributed by atoms with Gasteiger partial charge in [-0.25, -0.2) is 0 Å². The van der Waals surface area contributed by atoms with Crippen LogP contribution in [-0.4, -0.2) is 55.2 Å². The summed E-state index contributed by atoms with van der Waals surface area (Å²) in [7, 11) is 4.15. The predicted molar refractivity (Wildman–Crippen MR) is 104 cm³/mol. The largest absolute Gasteiger partial charge is 0.391 e. The van der Waals surface area contributed by atoms with E-state index in [0.717, 1.165) is 19.5 Å². The molecule has 1 rings (SSSR count). The van der Waals surface area contributed by atoms with E-state index in [0.29, 0.717) is 11.5 Å². The van der Waals surface area contributed by atoms with Crippen LogP contribution >= 0.6 is 0 Å². The molecule has 5 heteroatoms. The van der Waals surface area contributed by atoms with Crippen LogP contribution in [0.15, 0.2) is 12.2 Å². The highest BCUT2D eigenvalue weighted by molar-refractivity contribution is 5.91. The minimum absolute atomic E-state index is 0.0272. The average Bonchev–Trinajstić information content (AvgIpc) is 2.50. The molecular weight excluding hydrogens is 314 g/mol. The van der Waals surface area contributed by atoms with Crippen LogP contribution < -0.4 is 11.1 Å². The van der Waals surface area contributed by atoms with Crippen LogP contribution in [0.4, 0.5) is 0 Å². The van der Waals surface area contributed by atoms with Crippen molar-refractivity contribution in [3.8, 4) is 0 Å². The minimum Gasteiger partial charge on any atom is -0.391 e. The Morgan fingerprint density at radius 2 is 1.92 bits per heavy atom. The van der Waals surface area contributed by atoms with Crippen LogP contribution in [0, 0.1) is 11.3 Å². The van der Waals surface area contributed by atoms with Gasteiger partial charge < -0.3 is 21.1 Å². The number of aliphatic hydroxyl groups excluding tert-OH is 1. The molecule has 0 heterocycles. The Morgan fingerprint density at radius 1 is 1.32 bits per heavy atom. The summed E-state index contributed by atoms with van der Waals surface area (Å²) in [6, 6.07) is -0.0272. The second-order valence-corrected chi connectivity index (χ2v) is 8.87. The fraction of sp³-hybridized carbons (Fsp3) is 0.850. The number of carbonyl (C=O) groups excluding carboxylic acids is 1. The first-order valence-electron chi connectivity index (χ1n) is 9.64. The molecule has 5 nitrogen and oxygen atoms in total. The predicted octanol–water partition coefficient (Wildman–Crippen LogP) is 2.30. The number of carbonyl (C=O) groups is 1. The van der Waals surface area contributed by atoms with Gasteiger partial charge in [-0.05, 0) is 31.8 Å². The van der Waals surface area contributed by atoms with Crippen molar-refractivity contribution in [1.29, 1.82) is 0 Å². The van der Waals surface area contributed by atoms with Crippen molar-refractivity contribution < 1.29 is 9.90 Å². The molecule has 0 aliphatic heterocycles. The van der Waals surface area contributed by atoms with E-state index in [2.05, 4.69) is 44.7 Å². The molecule has 2 unspecified atom stereocenters. The van der Waals surface area contributed by atoms with Gasteiger partial charge in [-0.1, -0.05) is 52.5 Å². The smallest absolute Gasteiger partial charge is 0.244 e. The number of nitrogens with two attached hydrogens (primary N) is 1. The standard InChI is InChI=1S/C20H39N3O2/c1-15(19(21)25)11-18(24)17(12-16-9-7-6-8-10-16)22-13-20(2,3)14-23(4)5/h16-18,22,24H,1,6-14H2,2-5H3,(H2,21,25). The first-order chi connectivity index (χ1) is 11.6. The second-order valence-electron chi connectivity index (χ2n) is 8.87. The number of primary amides is 1. The molecule has 1 aliphatic rings. The summed E-state index contributed by atoms with van der Waals surface area (Å²) >= 11 is 0. The third-order valence-corrected chi connectivity index (χ3v) is 5.17. The molecule has 0 aromatic rings. The SMILES string of the molecule is C=C(CC(O)C(CC1CCCCC1)NCC(C)(C)CN(C)C)C(N)=O. The lowest BCUT2D eigenvalue weighted by molar-refractivity contribution is -0.115. The van der Waals surface area contributed by atoms with Crippen molar-refractivity contribution in [3.63, 3.8) is 0 Å². The highest BCUT2D eigenvalue weighted by Crippen LogP contribution is 2.29. The molecule has 0 spiro atoms. The summed E-state index contributed by atoms with van der Waals surface area (Å²) < 4.78 is 0. The summed E-state index contributed by atoms with van der Waals surface area (Å²) in [6.45, 7) is 9.95. The Labute approximate surface area is 154 Å². The van der Waals surface area contributed by atoms with Crippen molar-refractivity contribution in [2.45, 2.75) is 70.9 Å². The molecule has 0 aromatic heterocycles. The van der Waals surface area contributed by atoms with E-state index in [4.69, 9.17) is 5.73 Å². The molecule has 2 atom stereocenters. The third-order valence-electron chi connectivity index (χ3n) is 5.17. The summed E-state index contributed by atoms with van der Waals surface area (Å²) in [6.07, 6.45) is 6.94. The molecule has 0 radical (unpaired) electrons. The first kappa shape index (κ1) is 22.1. The molecule has 1 fully saturated rings. The van der Waals surface area contributed by atoms with E-state index < -0.39 is 12.0 Å². The van der Waals surface area contributed by atoms with Gasteiger partial charge in [0.1, 0.15) is 0 Å². The highest BCUT2D eigenvalue weighted by Gasteiger charge is 2.28. The van der Waals surface area contributed by atoms with E-state index >= 15 is 0 Å². The van der Waals surface area contributed by atoms with Crippen LogP contribution in [-0.2, 0) is 4.79 Å². The van der Waals surface area contributed by atoms with Crippen LogP contribution in [0.2, 0.25) is 0 Å². The number of hydrogen-bond acceptors (Lipinski definition) is 4. The number of nitrogens with one attached hydrogen (secondary N) is 1. The highest BCUT2D eigenvalue weighted by atomic mass is 16.3. The zero-order valence-corrected chi connectivity index (χ0v) is 16.7. The Kier molecular flexibility index (Phi) is 9.11. The van der Waals surface area contributed by atoms with Crippen LogP contribution in [0.25, 0.3) is 0 Å². The van der Waals surface area contributed by atoms with Crippen molar-refractivity contribution in [2.24, 2.45) is 17.1 Å². The van der Waals surface area contributed by atoms with E-state index in [1.54, 1.807) is 0 Å². The zero-order valence-electron chi connectivity index (χ0n) is 16.7. The molecule has 0 saturated heterocycles. The molecular formula is C20H39N3O2. The van der Waals surface area contributed by atoms with Crippen molar-refractivity contribution in [3.05, 3.63) is 12.2 Å². The Hall–Kier alpha value is -0.910. The molecule has 1 amide bonds. The van der Waals surface area contributed by atoms with Crippen molar-refractivity contribution in [1.82, 2.24) is 10.2 Å². The first-order valence-corrected chi connectivity index (χ1v) is 9.64. The van der Waals surface area contributed by atoms with Gasteiger partial charge in [-0.15, -0.1) is 0 Å². The molecule has 0 aromatic carbocycles. The second kappa shape index (κ2) is 10.3. The third kappa shape index (κ3) is 8.84. The van der Waals surface area contributed by atoms with Gasteiger partial charge in [-0.2, -0.15) is 0 Å². The molecule has 25 heavy (non-hydrogen) atoms. The lowest BCUT2D eigenvalue weighted by Crippen LogP contribution is -2.47. The van der Waals surface area contributed by atoms with Gasteiger partial charge in [0.25, 0.3) is 0 Å². The molecule has 146 valence electrons. The van der Waals surface area contributed by atoms with Crippen LogP contribution in [0.5, 0.6) is 0 Å². The fourth-order valence-electron chi connectivity index (χ4n) is 3.97. The normalized spacial score (nSPS) is 19.0. The zero-order chi connectivity index (χ0) is 19.0. The topological polar surface area (TPSA) is 78.6 Å². The van der Waals surface area contributed by atoms with E-state index in [1.807, 2.05) is 0 Å². The number of nitrogens with zero attached hydrogens (tertiary/aromatic N) is 1. The number of amides is 1. The maximum absolute atomic E-state index is 11.3. The van der Waals surface area contributed by atoms with E-state index in [9.17, 15) is 9.90 Å². The lowest BCUT2D eigenvalue weighted by Gasteiger charge is -2.34. The van der Waals surface area contributed by atoms with Crippen molar-refractivity contribution in [2.75, 3.05) is 27.2 Å². The van der Waals surface area contributed by atoms with Gasteiger partial charge in [0, 0.05) is 31.1 Å². The monoisotopic (exact) mass is 353 g/mol. The number of aliphatic hydroxyl groups is 1. The Morgan fingerprint density at radius 3 is 2.44 bits per heavy atom. The maximum Gasteiger partial charge on any atom is 0.244 e. The molecule has 1 aliphatic carbocycles. The van der Waals surface area contributed by atoms with Gasteiger partial charge in [0.2, 0.25) is 5.91 Å². The molecule has 1 saturated carbocycles. The summed E-state index contributed by atoms with van der Waals surface area (Å²) in [4.78, 5) is 13.5. The lowest BCUT2D eigenvalue weighted by atomic mass is 9.82. The Bertz CT molecular complexity index is 429. The number of hydrogen-bond donors (Lipinski definition) is 3. The molecule has 0 bridgehead atoms. The van der Waals surface area contributed by atoms with Gasteiger partial charge in [0.15, 0.2) is 0 Å². The van der Waals surface area contributed by atoms with Crippen LogP contribution in [0.3, 0.4) is 0 Å². The van der Waals surface area contributed by atoms with Gasteiger partial charge in [-0.3, -0.25) is 4.79 Å². The number of rotatable bonds is 11. The summed E-state index contributed by atoms with van der Waals surface area (Å²) in [5.74, 6) is 0.128. The van der Waals surface area contributed by atoms with E-state index in [-0.39, 0.29) is 17.9 Å². The van der Waals surface area contributed by atoms with Crippen LogP contribution in [0.1, 0.15) is 58.8 Å². The van der Waals surface area contributed by atoms with Gasteiger partial charge in [0.05, 0.1) is 6.10 Å². The maximum atomic E-state index is 11.3. The quantitative estimate of drug-likeness (QED) is 0.498. The average molecular weight is 354 g/mol. The van der Waals surface area contributed by atoms with Crippen molar-refractivity contribution >= 4 is 5.91 Å².